The van der Waals surface area contributed by atoms with E-state index >= 15 is 0 Å². The first-order chi connectivity index (χ1) is 9.69. The van der Waals surface area contributed by atoms with Gasteiger partial charge in [-0.2, -0.15) is 0 Å². The first-order valence-electron chi connectivity index (χ1n) is 7.20. The molecule has 1 unspecified atom stereocenters. The van der Waals surface area contributed by atoms with Crippen molar-refractivity contribution in [3.8, 4) is 0 Å². The van der Waals surface area contributed by atoms with Gasteiger partial charge in [0.15, 0.2) is 0 Å². The van der Waals surface area contributed by atoms with Gasteiger partial charge in [-0.15, -0.1) is 11.8 Å². The van der Waals surface area contributed by atoms with Crippen molar-refractivity contribution in [3.63, 3.8) is 0 Å². The van der Waals surface area contributed by atoms with Gasteiger partial charge in [-0.25, -0.2) is 0 Å². The quantitative estimate of drug-likeness (QED) is 0.814. The van der Waals surface area contributed by atoms with Crippen LogP contribution in [0, 0.1) is 0 Å². The van der Waals surface area contributed by atoms with Crippen LogP contribution in [0.1, 0.15) is 42.1 Å². The maximum atomic E-state index is 6.42. The third-order valence-electron chi connectivity index (χ3n) is 3.83. The molecule has 0 saturated carbocycles. The highest BCUT2D eigenvalue weighted by Crippen LogP contribution is 2.24. The van der Waals surface area contributed by atoms with E-state index in [9.17, 15) is 0 Å². The van der Waals surface area contributed by atoms with E-state index in [1.165, 1.54) is 27.1 Å². The van der Waals surface area contributed by atoms with Crippen molar-refractivity contribution in [2.75, 3.05) is 6.26 Å². The molecule has 0 aromatic heterocycles. The Labute approximate surface area is 126 Å². The zero-order valence-corrected chi connectivity index (χ0v) is 13.3. The summed E-state index contributed by atoms with van der Waals surface area (Å²) < 4.78 is 0. The van der Waals surface area contributed by atoms with Gasteiger partial charge in [0.2, 0.25) is 0 Å². The van der Waals surface area contributed by atoms with Crippen LogP contribution in [-0.2, 0) is 12.8 Å². The van der Waals surface area contributed by atoms with E-state index in [0.29, 0.717) is 0 Å². The summed E-state index contributed by atoms with van der Waals surface area (Å²) in [6.07, 6.45) is 4.24. The molecule has 0 aliphatic rings. The maximum Gasteiger partial charge on any atom is 0.0551 e. The Morgan fingerprint density at radius 2 is 1.50 bits per heavy atom. The Balaban J connectivity index is 2.29. The summed E-state index contributed by atoms with van der Waals surface area (Å²) in [6.45, 7) is 4.41. The van der Waals surface area contributed by atoms with Gasteiger partial charge in [0.05, 0.1) is 6.04 Å². The summed E-state index contributed by atoms with van der Waals surface area (Å²) >= 11 is 1.76. The van der Waals surface area contributed by atoms with Crippen molar-refractivity contribution in [3.05, 3.63) is 64.7 Å². The molecule has 2 aromatic carbocycles. The summed E-state index contributed by atoms with van der Waals surface area (Å²) in [4.78, 5) is 1.27. The average Bonchev–Trinajstić information content (AvgIpc) is 2.53. The van der Waals surface area contributed by atoms with Gasteiger partial charge in [-0.05, 0) is 53.5 Å². The number of hydrogen-bond acceptors (Lipinski definition) is 2. The molecule has 2 aromatic rings. The molecule has 0 amide bonds. The lowest BCUT2D eigenvalue weighted by Crippen LogP contribution is -2.12. The number of hydrogen-bond donors (Lipinski definition) is 1. The molecule has 1 atom stereocenters. The van der Waals surface area contributed by atoms with Crippen LogP contribution >= 0.6 is 11.8 Å². The Morgan fingerprint density at radius 3 is 2.05 bits per heavy atom. The first kappa shape index (κ1) is 15.1. The summed E-state index contributed by atoms with van der Waals surface area (Å²) in [6, 6.07) is 15.2. The lowest BCUT2D eigenvalue weighted by atomic mass is 9.94. The van der Waals surface area contributed by atoms with Crippen LogP contribution in [0.15, 0.2) is 47.4 Å². The minimum Gasteiger partial charge on any atom is -0.320 e. The predicted molar refractivity (Wildman–Crippen MR) is 89.5 cm³/mol. The van der Waals surface area contributed by atoms with Crippen LogP contribution in [0.5, 0.6) is 0 Å². The second-order valence-corrected chi connectivity index (χ2v) is 5.87. The van der Waals surface area contributed by atoms with Crippen molar-refractivity contribution < 1.29 is 0 Å². The van der Waals surface area contributed by atoms with Gasteiger partial charge < -0.3 is 5.73 Å². The molecular weight excluding hydrogens is 262 g/mol. The molecule has 0 fully saturated rings. The molecule has 0 spiro atoms. The molecule has 0 saturated heterocycles. The van der Waals surface area contributed by atoms with E-state index < -0.39 is 0 Å². The molecule has 0 bridgehead atoms. The molecule has 0 radical (unpaired) electrons. The fourth-order valence-corrected chi connectivity index (χ4v) is 2.93. The van der Waals surface area contributed by atoms with Crippen LogP contribution in [-0.4, -0.2) is 6.26 Å². The fraction of sp³-hybridized carbons (Fsp3) is 0.333. The summed E-state index contributed by atoms with van der Waals surface area (Å²) in [7, 11) is 0. The second-order valence-electron chi connectivity index (χ2n) is 4.99. The topological polar surface area (TPSA) is 26.0 Å². The number of benzene rings is 2. The molecule has 2 rings (SSSR count). The van der Waals surface area contributed by atoms with Crippen molar-refractivity contribution in [1.82, 2.24) is 0 Å². The van der Waals surface area contributed by atoms with Gasteiger partial charge in [-0.1, -0.05) is 44.2 Å². The highest BCUT2D eigenvalue weighted by molar-refractivity contribution is 7.98. The van der Waals surface area contributed by atoms with E-state index in [2.05, 4.69) is 62.6 Å². The largest absolute Gasteiger partial charge is 0.320 e. The second kappa shape index (κ2) is 6.96. The Bertz CT molecular complexity index is 560. The zero-order valence-electron chi connectivity index (χ0n) is 12.5. The Morgan fingerprint density at radius 1 is 0.900 bits per heavy atom. The van der Waals surface area contributed by atoms with Gasteiger partial charge in [0, 0.05) is 4.90 Å². The standard InChI is InChI=1S/C18H23NS/c1-4-13-6-7-16(12-14(13)5-2)18(19)15-8-10-17(20-3)11-9-15/h6-12,18H,4-5,19H2,1-3H3. The molecule has 1 nitrogen and oxygen atoms in total. The fourth-order valence-electron chi connectivity index (χ4n) is 2.52. The predicted octanol–water partition coefficient (Wildman–Crippen LogP) is 4.58. The zero-order chi connectivity index (χ0) is 14.5. The van der Waals surface area contributed by atoms with Crippen molar-refractivity contribution in [1.29, 1.82) is 0 Å². The summed E-state index contributed by atoms with van der Waals surface area (Å²) in [5, 5.41) is 0. The van der Waals surface area contributed by atoms with E-state index in [0.717, 1.165) is 12.8 Å². The van der Waals surface area contributed by atoms with Crippen LogP contribution in [0.2, 0.25) is 0 Å². The highest BCUT2D eigenvalue weighted by atomic mass is 32.2. The van der Waals surface area contributed by atoms with Crippen molar-refractivity contribution in [2.24, 2.45) is 5.73 Å². The molecule has 20 heavy (non-hydrogen) atoms. The molecular formula is C18H23NS. The van der Waals surface area contributed by atoms with Crippen molar-refractivity contribution >= 4 is 11.8 Å². The first-order valence-corrected chi connectivity index (χ1v) is 8.43. The van der Waals surface area contributed by atoms with Gasteiger partial charge in [-0.3, -0.25) is 0 Å². The monoisotopic (exact) mass is 285 g/mol. The Hall–Kier alpha value is -1.25. The van der Waals surface area contributed by atoms with E-state index in [1.54, 1.807) is 11.8 Å². The van der Waals surface area contributed by atoms with Gasteiger partial charge in [0.25, 0.3) is 0 Å². The van der Waals surface area contributed by atoms with Crippen molar-refractivity contribution in [2.45, 2.75) is 37.6 Å². The van der Waals surface area contributed by atoms with Crippen LogP contribution in [0.25, 0.3) is 0 Å². The average molecular weight is 285 g/mol. The van der Waals surface area contributed by atoms with Crippen LogP contribution in [0.4, 0.5) is 0 Å². The molecule has 2 heteroatoms. The van der Waals surface area contributed by atoms with Crippen LogP contribution < -0.4 is 5.73 Å². The lowest BCUT2D eigenvalue weighted by Gasteiger charge is -2.16. The molecule has 0 heterocycles. The van der Waals surface area contributed by atoms with E-state index in [-0.39, 0.29) is 6.04 Å². The Kier molecular flexibility index (Phi) is 5.27. The lowest BCUT2D eigenvalue weighted by molar-refractivity contribution is 0.861. The summed E-state index contributed by atoms with van der Waals surface area (Å²) in [5.74, 6) is 0. The van der Waals surface area contributed by atoms with Gasteiger partial charge in [0.1, 0.15) is 0 Å². The third kappa shape index (κ3) is 3.25. The number of aryl methyl sites for hydroxylation is 2. The summed E-state index contributed by atoms with van der Waals surface area (Å²) in [5.41, 5.74) is 11.6. The van der Waals surface area contributed by atoms with E-state index in [4.69, 9.17) is 5.73 Å². The normalized spacial score (nSPS) is 12.4. The third-order valence-corrected chi connectivity index (χ3v) is 4.57. The number of rotatable bonds is 5. The molecule has 2 N–H and O–H groups in total. The SMILES string of the molecule is CCc1ccc(C(N)c2ccc(SC)cc2)cc1CC. The molecule has 106 valence electrons. The van der Waals surface area contributed by atoms with E-state index in [1.807, 2.05) is 0 Å². The highest BCUT2D eigenvalue weighted by Gasteiger charge is 2.10. The number of thioether (sulfide) groups is 1. The smallest absolute Gasteiger partial charge is 0.0551 e. The minimum atomic E-state index is -0.0397. The molecule has 0 aliphatic heterocycles. The molecule has 0 aliphatic carbocycles. The maximum absolute atomic E-state index is 6.42. The minimum absolute atomic E-state index is 0.0397. The van der Waals surface area contributed by atoms with Crippen LogP contribution in [0.3, 0.4) is 0 Å². The number of nitrogens with two attached hydrogens (primary N) is 1. The van der Waals surface area contributed by atoms with Gasteiger partial charge >= 0.3 is 0 Å².